The van der Waals surface area contributed by atoms with Gasteiger partial charge in [0, 0.05) is 46.4 Å². The molecule has 0 spiro atoms. The van der Waals surface area contributed by atoms with Crippen LogP contribution in [0, 0.1) is 0 Å². The van der Waals surface area contributed by atoms with Gasteiger partial charge in [0.15, 0.2) is 0 Å². The smallest absolute Gasteiger partial charge is 0.0900 e. The molecule has 1 fully saturated rings. The number of methoxy groups -OCH3 is 1. The molecule has 0 aromatic heterocycles. The van der Waals surface area contributed by atoms with Gasteiger partial charge in [0.05, 0.1) is 31.0 Å². The lowest BCUT2D eigenvalue weighted by molar-refractivity contribution is -0.0449. The Bertz CT molecular complexity index is 275. The molecule has 2 atom stereocenters. The number of hydrogen-bond donors (Lipinski definition) is 2. The van der Waals surface area contributed by atoms with Gasteiger partial charge >= 0.3 is 0 Å². The molecular weight excluding hydrogens is 272 g/mol. The maximum Gasteiger partial charge on any atom is 0.0900 e. The molecule has 0 aromatic carbocycles. The van der Waals surface area contributed by atoms with Gasteiger partial charge in [-0.25, -0.2) is 0 Å². The van der Waals surface area contributed by atoms with E-state index in [4.69, 9.17) is 9.47 Å². The third-order valence-electron chi connectivity index (χ3n) is 3.52. The summed E-state index contributed by atoms with van der Waals surface area (Å²) in [5, 5.41) is 19.8. The lowest BCUT2D eigenvalue weighted by Crippen LogP contribution is -2.52. The average molecular weight is 304 g/mol. The number of β-amino-alcohol motifs (C(OH)–C–C–N with tert-alkyl or cyclic N) is 2. The topological polar surface area (TPSA) is 65.4 Å². The van der Waals surface area contributed by atoms with Crippen molar-refractivity contribution in [3.63, 3.8) is 0 Å². The Balaban J connectivity index is 2.17. The Labute approximate surface area is 128 Å². The monoisotopic (exact) mass is 304 g/mol. The summed E-state index contributed by atoms with van der Waals surface area (Å²) in [6, 6.07) is 0. The predicted octanol–water partition coefficient (Wildman–Crippen LogP) is -0.213. The molecule has 1 saturated heterocycles. The van der Waals surface area contributed by atoms with Gasteiger partial charge in [-0.05, 0) is 20.8 Å². The van der Waals surface area contributed by atoms with E-state index in [1.165, 1.54) is 0 Å². The summed E-state index contributed by atoms with van der Waals surface area (Å²) < 4.78 is 10.5. The number of rotatable bonds is 9. The number of aliphatic hydroxyl groups is 2. The number of piperazine rings is 1. The van der Waals surface area contributed by atoms with Crippen LogP contribution in [0.3, 0.4) is 0 Å². The summed E-state index contributed by atoms with van der Waals surface area (Å²) in [5.74, 6) is 0. The molecule has 2 unspecified atom stereocenters. The molecule has 0 bridgehead atoms. The van der Waals surface area contributed by atoms with Crippen LogP contribution in [0.25, 0.3) is 0 Å². The Hall–Kier alpha value is -0.240. The molecule has 0 saturated carbocycles. The first-order valence-electron chi connectivity index (χ1n) is 7.76. The second-order valence-electron chi connectivity index (χ2n) is 6.64. The van der Waals surface area contributed by atoms with Crippen molar-refractivity contribution in [3.8, 4) is 0 Å². The van der Waals surface area contributed by atoms with Gasteiger partial charge in [0.25, 0.3) is 0 Å². The normalized spacial score (nSPS) is 21.4. The van der Waals surface area contributed by atoms with Crippen molar-refractivity contribution >= 4 is 0 Å². The fourth-order valence-corrected chi connectivity index (χ4v) is 2.59. The molecule has 1 aliphatic rings. The van der Waals surface area contributed by atoms with Gasteiger partial charge in [-0.1, -0.05) is 0 Å². The standard InChI is InChI=1S/C15H32N2O4/c1-13(10-20-4)21-11-14(18)9-16-5-7-17(8-6-16)12-15(2,3)19/h13-14,18-19H,5-12H2,1-4H3. The molecule has 1 rings (SSSR count). The molecule has 0 aromatic rings. The van der Waals surface area contributed by atoms with Crippen molar-refractivity contribution in [2.24, 2.45) is 0 Å². The third-order valence-corrected chi connectivity index (χ3v) is 3.52. The Kier molecular flexibility index (Phi) is 8.08. The van der Waals surface area contributed by atoms with E-state index in [2.05, 4.69) is 9.80 Å². The molecule has 1 heterocycles. The molecule has 21 heavy (non-hydrogen) atoms. The number of nitrogens with zero attached hydrogens (tertiary/aromatic N) is 2. The van der Waals surface area contributed by atoms with Crippen LogP contribution in [-0.2, 0) is 9.47 Å². The molecular formula is C15H32N2O4. The molecule has 126 valence electrons. The minimum Gasteiger partial charge on any atom is -0.389 e. The van der Waals surface area contributed by atoms with E-state index in [9.17, 15) is 10.2 Å². The van der Waals surface area contributed by atoms with Gasteiger partial charge in [-0.15, -0.1) is 0 Å². The summed E-state index contributed by atoms with van der Waals surface area (Å²) in [5.41, 5.74) is -0.646. The number of ether oxygens (including phenoxy) is 2. The van der Waals surface area contributed by atoms with Crippen LogP contribution >= 0.6 is 0 Å². The molecule has 1 aliphatic heterocycles. The first-order chi connectivity index (χ1) is 9.80. The zero-order chi connectivity index (χ0) is 15.9. The van der Waals surface area contributed by atoms with Gasteiger partial charge in [0.2, 0.25) is 0 Å². The quantitative estimate of drug-likeness (QED) is 0.614. The summed E-state index contributed by atoms with van der Waals surface area (Å²) in [7, 11) is 1.64. The first-order valence-corrected chi connectivity index (χ1v) is 7.76. The van der Waals surface area contributed by atoms with Crippen LogP contribution in [0.5, 0.6) is 0 Å². The lowest BCUT2D eigenvalue weighted by atomic mass is 10.1. The second kappa shape index (κ2) is 9.02. The minimum atomic E-state index is -0.646. The van der Waals surface area contributed by atoms with Crippen LogP contribution in [0.15, 0.2) is 0 Å². The minimum absolute atomic E-state index is 0.00767. The van der Waals surface area contributed by atoms with E-state index >= 15 is 0 Å². The van der Waals surface area contributed by atoms with Crippen molar-refractivity contribution in [2.75, 3.05) is 59.6 Å². The van der Waals surface area contributed by atoms with Crippen LogP contribution in [0.1, 0.15) is 20.8 Å². The molecule has 0 amide bonds. The van der Waals surface area contributed by atoms with Crippen LogP contribution in [-0.4, -0.2) is 97.4 Å². The zero-order valence-electron chi connectivity index (χ0n) is 13.9. The van der Waals surface area contributed by atoms with E-state index in [0.717, 1.165) is 26.2 Å². The van der Waals surface area contributed by atoms with Crippen LogP contribution in [0.2, 0.25) is 0 Å². The fraction of sp³-hybridized carbons (Fsp3) is 1.00. The van der Waals surface area contributed by atoms with E-state index in [1.807, 2.05) is 20.8 Å². The van der Waals surface area contributed by atoms with Gasteiger partial charge < -0.3 is 19.7 Å². The van der Waals surface area contributed by atoms with Gasteiger partial charge in [0.1, 0.15) is 0 Å². The lowest BCUT2D eigenvalue weighted by Gasteiger charge is -2.37. The highest BCUT2D eigenvalue weighted by molar-refractivity contribution is 4.79. The molecule has 6 heteroatoms. The molecule has 6 nitrogen and oxygen atoms in total. The third kappa shape index (κ3) is 8.70. The first kappa shape index (κ1) is 18.8. The highest BCUT2D eigenvalue weighted by Crippen LogP contribution is 2.09. The summed E-state index contributed by atoms with van der Waals surface area (Å²) in [4.78, 5) is 4.51. The van der Waals surface area contributed by atoms with E-state index in [0.29, 0.717) is 26.3 Å². The Morgan fingerprint density at radius 1 is 1.10 bits per heavy atom. The predicted molar refractivity (Wildman–Crippen MR) is 82.5 cm³/mol. The maximum atomic E-state index is 10.0. The van der Waals surface area contributed by atoms with E-state index in [1.54, 1.807) is 7.11 Å². The van der Waals surface area contributed by atoms with E-state index in [-0.39, 0.29) is 6.10 Å². The summed E-state index contributed by atoms with van der Waals surface area (Å²) >= 11 is 0. The summed E-state index contributed by atoms with van der Waals surface area (Å²) in [6.45, 7) is 11.5. The van der Waals surface area contributed by atoms with E-state index < -0.39 is 11.7 Å². The van der Waals surface area contributed by atoms with Gasteiger partial charge in [-0.3, -0.25) is 9.80 Å². The highest BCUT2D eigenvalue weighted by Gasteiger charge is 2.23. The van der Waals surface area contributed by atoms with Crippen LogP contribution in [0.4, 0.5) is 0 Å². The molecule has 2 N–H and O–H groups in total. The molecule has 0 aliphatic carbocycles. The largest absolute Gasteiger partial charge is 0.389 e. The van der Waals surface area contributed by atoms with Crippen molar-refractivity contribution in [1.29, 1.82) is 0 Å². The van der Waals surface area contributed by atoms with Gasteiger partial charge in [-0.2, -0.15) is 0 Å². The fourth-order valence-electron chi connectivity index (χ4n) is 2.59. The van der Waals surface area contributed by atoms with Crippen LogP contribution < -0.4 is 0 Å². The highest BCUT2D eigenvalue weighted by atomic mass is 16.5. The Morgan fingerprint density at radius 3 is 2.19 bits per heavy atom. The second-order valence-corrected chi connectivity index (χ2v) is 6.64. The van der Waals surface area contributed by atoms with Crippen molar-refractivity contribution in [2.45, 2.75) is 38.6 Å². The Morgan fingerprint density at radius 2 is 1.67 bits per heavy atom. The SMILES string of the molecule is COCC(C)OCC(O)CN1CCN(CC(C)(C)O)CC1. The number of aliphatic hydroxyl groups excluding tert-OH is 1. The van der Waals surface area contributed by atoms with Crippen molar-refractivity contribution < 1.29 is 19.7 Å². The average Bonchev–Trinajstić information content (AvgIpc) is 2.37. The molecule has 0 radical (unpaired) electrons. The number of hydrogen-bond acceptors (Lipinski definition) is 6. The zero-order valence-corrected chi connectivity index (χ0v) is 13.9. The summed E-state index contributed by atoms with van der Waals surface area (Å²) in [6.07, 6.45) is -0.460. The maximum absolute atomic E-state index is 10.0. The van der Waals surface area contributed by atoms with Crippen molar-refractivity contribution in [1.82, 2.24) is 9.80 Å². The van der Waals surface area contributed by atoms with Crippen molar-refractivity contribution in [3.05, 3.63) is 0 Å².